The molecule has 6 rings (SSSR count). The number of rotatable bonds is 16. The van der Waals surface area contributed by atoms with Crippen LogP contribution >= 0.6 is 0 Å². The van der Waals surface area contributed by atoms with E-state index in [1.165, 1.54) is 0 Å². The van der Waals surface area contributed by atoms with E-state index in [1.807, 2.05) is 32.9 Å². The Bertz CT molecular complexity index is 1980. The molecule has 12 heteroatoms. The summed E-state index contributed by atoms with van der Waals surface area (Å²) in [5.74, 6) is 0.781. The van der Waals surface area contributed by atoms with Crippen LogP contribution in [0.25, 0.3) is 22.0 Å². The largest absolute Gasteiger partial charge is 0.494 e. The fourth-order valence-corrected chi connectivity index (χ4v) is 7.65. The number of hydrogen-bond acceptors (Lipinski definition) is 8. The highest BCUT2D eigenvalue weighted by molar-refractivity contribution is 5.86. The molecule has 2 heterocycles. The van der Waals surface area contributed by atoms with Gasteiger partial charge in [-0.3, -0.25) is 4.79 Å². The van der Waals surface area contributed by atoms with Crippen LogP contribution in [0.3, 0.4) is 0 Å². The Morgan fingerprint density at radius 1 is 0.964 bits per heavy atom. The van der Waals surface area contributed by atoms with Crippen LogP contribution in [-0.2, 0) is 27.4 Å². The lowest BCUT2D eigenvalue weighted by atomic mass is 9.79. The fourth-order valence-electron chi connectivity index (χ4n) is 7.65. The number of aryl methyl sites for hydroxylation is 1. The van der Waals surface area contributed by atoms with Crippen molar-refractivity contribution in [3.05, 3.63) is 90.1 Å². The molecule has 2 fully saturated rings. The van der Waals surface area contributed by atoms with E-state index >= 15 is 4.79 Å². The Kier molecular flexibility index (Phi) is 13.4. The number of para-hydroxylation sites is 1. The minimum atomic E-state index is -0.636. The van der Waals surface area contributed by atoms with Gasteiger partial charge in [-0.25, -0.2) is 10.3 Å². The van der Waals surface area contributed by atoms with Crippen molar-refractivity contribution in [1.29, 1.82) is 5.53 Å². The third kappa shape index (κ3) is 10.3. The number of likely N-dealkylation sites (tertiary alicyclic amines) is 1. The van der Waals surface area contributed by atoms with E-state index in [9.17, 15) is 4.79 Å². The van der Waals surface area contributed by atoms with Crippen LogP contribution in [0.2, 0.25) is 0 Å². The van der Waals surface area contributed by atoms with Crippen molar-refractivity contribution < 1.29 is 23.8 Å². The van der Waals surface area contributed by atoms with Crippen LogP contribution < -0.4 is 10.2 Å². The number of methoxy groups -OCH3 is 1. The second-order valence-corrected chi connectivity index (χ2v) is 15.8. The average Bonchev–Trinajstić information content (AvgIpc) is 3.99. The lowest BCUT2D eigenvalue weighted by Crippen LogP contribution is -2.51. The summed E-state index contributed by atoms with van der Waals surface area (Å²) < 4.78 is 19.4. The minimum Gasteiger partial charge on any atom is -0.494 e. The van der Waals surface area contributed by atoms with Gasteiger partial charge in [0, 0.05) is 76.5 Å². The summed E-state index contributed by atoms with van der Waals surface area (Å²) in [6.45, 7) is 8.97. The normalized spacial score (nSPS) is 17.4. The number of fused-ring (bicyclic) bond motifs is 1. The van der Waals surface area contributed by atoms with Crippen LogP contribution in [-0.4, -0.2) is 84.3 Å². The number of ether oxygens (including phenoxy) is 3. The van der Waals surface area contributed by atoms with Gasteiger partial charge in [-0.15, -0.1) is 5.11 Å². The lowest BCUT2D eigenvalue weighted by molar-refractivity contribution is -0.139. The molecule has 1 aliphatic heterocycles. The Balaban J connectivity index is 1.23. The first-order chi connectivity index (χ1) is 27.1. The van der Waals surface area contributed by atoms with Crippen LogP contribution in [0.1, 0.15) is 76.3 Å². The molecule has 3 aromatic carbocycles. The quantitative estimate of drug-likeness (QED) is 0.0386. The van der Waals surface area contributed by atoms with Crippen molar-refractivity contribution in [2.75, 3.05) is 40.5 Å². The van der Waals surface area contributed by atoms with E-state index in [0.29, 0.717) is 57.9 Å². The van der Waals surface area contributed by atoms with E-state index in [0.717, 1.165) is 64.7 Å². The van der Waals surface area contributed by atoms with Crippen molar-refractivity contribution in [2.24, 2.45) is 16.1 Å². The molecule has 56 heavy (non-hydrogen) atoms. The number of aromatic nitrogens is 1. The Morgan fingerprint density at radius 3 is 2.46 bits per heavy atom. The number of benzene rings is 3. The molecule has 2 amide bonds. The number of amidine groups is 1. The SMILES string of the molecule is CN/N=C(/CCCOc1ccc(-c2cccc([C@H]3CCN(C(=O)OC(C)(C)C)C[C@@H]3C(=O)N(Cc3cn(CCCOC)c4ccccc34)C3CC3)c2)cc1)N=N. The minimum absolute atomic E-state index is 0.0767. The molecule has 4 aromatic rings. The summed E-state index contributed by atoms with van der Waals surface area (Å²) >= 11 is 0. The van der Waals surface area contributed by atoms with Crippen LogP contribution in [0.5, 0.6) is 5.75 Å². The molecule has 2 atom stereocenters. The zero-order valence-corrected chi connectivity index (χ0v) is 33.5. The summed E-state index contributed by atoms with van der Waals surface area (Å²) in [6, 6.07) is 25.1. The second kappa shape index (κ2) is 18.6. The van der Waals surface area contributed by atoms with Gasteiger partial charge in [0.1, 0.15) is 11.4 Å². The molecule has 0 unspecified atom stereocenters. The highest BCUT2D eigenvalue weighted by atomic mass is 16.6. The molecule has 1 aromatic heterocycles. The third-order valence-corrected chi connectivity index (χ3v) is 10.5. The van der Waals surface area contributed by atoms with Gasteiger partial charge in [-0.05, 0) is 99.2 Å². The standard InChI is InChI=1S/C44H57N7O5/c1-44(2,3)56-43(53)50-24-22-37(33-12-8-11-32(27-33)31-16-20-36(21-17-31)55-26-9-15-41(47-45)48-46-4)39(30-50)42(52)51(35-18-19-35)29-34-28-49(23-10-25-54-5)40-14-7-6-13-38(34)40/h6-8,11-14,16-17,20-21,27-28,35,37,39,45-46H,9-10,15,18-19,22-26,29-30H2,1-5H3/b47-45?,48-41-/t37-,39+/m1/s1. The van der Waals surface area contributed by atoms with E-state index < -0.39 is 11.5 Å². The highest BCUT2D eigenvalue weighted by Crippen LogP contribution is 2.40. The number of hydrazone groups is 1. The summed E-state index contributed by atoms with van der Waals surface area (Å²) in [6.07, 6.45) is 6.58. The summed E-state index contributed by atoms with van der Waals surface area (Å²) in [7, 11) is 3.41. The van der Waals surface area contributed by atoms with Gasteiger partial charge >= 0.3 is 6.09 Å². The van der Waals surface area contributed by atoms with Crippen molar-refractivity contribution in [3.8, 4) is 16.9 Å². The average molecular weight is 764 g/mol. The van der Waals surface area contributed by atoms with Crippen LogP contribution in [0.4, 0.5) is 4.79 Å². The summed E-state index contributed by atoms with van der Waals surface area (Å²) in [5.41, 5.74) is 14.8. The maximum Gasteiger partial charge on any atom is 0.410 e. The van der Waals surface area contributed by atoms with Gasteiger partial charge in [0.15, 0.2) is 5.84 Å². The number of hydrogen-bond donors (Lipinski definition) is 2. The van der Waals surface area contributed by atoms with Gasteiger partial charge in [0.05, 0.1) is 12.5 Å². The molecule has 1 saturated carbocycles. The fraction of sp³-hybridized carbons (Fsp3) is 0.477. The number of nitrogens with one attached hydrogen (secondary N) is 2. The predicted octanol–water partition coefficient (Wildman–Crippen LogP) is 8.60. The first-order valence-electron chi connectivity index (χ1n) is 19.9. The Morgan fingerprint density at radius 2 is 1.75 bits per heavy atom. The smallest absolute Gasteiger partial charge is 0.410 e. The van der Waals surface area contributed by atoms with Crippen LogP contribution in [0.15, 0.2) is 89.2 Å². The lowest BCUT2D eigenvalue weighted by Gasteiger charge is -2.40. The summed E-state index contributed by atoms with van der Waals surface area (Å²) in [4.78, 5) is 32.3. The monoisotopic (exact) mass is 763 g/mol. The molecule has 298 valence electrons. The molecular weight excluding hydrogens is 707 g/mol. The predicted molar refractivity (Wildman–Crippen MR) is 219 cm³/mol. The van der Waals surface area contributed by atoms with Crippen LogP contribution in [0, 0.1) is 11.4 Å². The first kappa shape index (κ1) is 40.4. The Labute approximate surface area is 330 Å². The second-order valence-electron chi connectivity index (χ2n) is 15.8. The Hall–Kier alpha value is -5.23. The molecular formula is C44H57N7O5. The first-order valence-corrected chi connectivity index (χ1v) is 19.9. The van der Waals surface area contributed by atoms with Gasteiger partial charge in [-0.1, -0.05) is 54.6 Å². The number of nitrogens with zero attached hydrogens (tertiary/aromatic N) is 5. The van der Waals surface area contributed by atoms with Gasteiger partial charge < -0.3 is 34.0 Å². The third-order valence-electron chi connectivity index (χ3n) is 10.5. The molecule has 0 spiro atoms. The maximum absolute atomic E-state index is 15.0. The highest BCUT2D eigenvalue weighted by Gasteiger charge is 2.43. The van der Waals surface area contributed by atoms with E-state index in [4.69, 9.17) is 19.7 Å². The molecule has 1 saturated heterocycles. The maximum atomic E-state index is 15.0. The molecule has 0 bridgehead atoms. The molecule has 2 N–H and O–H groups in total. The number of carbonyl (C=O) groups is 2. The zero-order chi connectivity index (χ0) is 39.7. The summed E-state index contributed by atoms with van der Waals surface area (Å²) in [5, 5.41) is 8.58. The molecule has 1 aliphatic carbocycles. The topological polar surface area (TPSA) is 134 Å². The van der Waals surface area contributed by atoms with Crippen molar-refractivity contribution in [1.82, 2.24) is 19.8 Å². The van der Waals surface area contributed by atoms with Crippen molar-refractivity contribution >= 4 is 28.7 Å². The van der Waals surface area contributed by atoms with Crippen molar-refractivity contribution in [2.45, 2.75) is 89.9 Å². The molecule has 0 radical (unpaired) electrons. The van der Waals surface area contributed by atoms with Gasteiger partial charge in [0.25, 0.3) is 0 Å². The van der Waals surface area contributed by atoms with Gasteiger partial charge in [-0.2, -0.15) is 5.10 Å². The number of amides is 2. The van der Waals surface area contributed by atoms with E-state index in [1.54, 1.807) is 19.1 Å². The van der Waals surface area contributed by atoms with Gasteiger partial charge in [0.2, 0.25) is 5.91 Å². The van der Waals surface area contributed by atoms with Crippen molar-refractivity contribution in [3.63, 3.8) is 0 Å². The van der Waals surface area contributed by atoms with E-state index in [2.05, 4.69) is 92.0 Å². The molecule has 2 aliphatic rings. The van der Waals surface area contributed by atoms with E-state index in [-0.39, 0.29) is 24.0 Å². The number of carbonyl (C=O) groups excluding carboxylic acids is 2. The molecule has 12 nitrogen and oxygen atoms in total. The number of piperidine rings is 1. The zero-order valence-electron chi connectivity index (χ0n) is 33.5.